The molecule has 1 unspecified atom stereocenters. The molecule has 3 aliphatic carbocycles. The third-order valence-corrected chi connectivity index (χ3v) is 3.10. The fraction of sp³-hybridized carbons (Fsp3) is 0.143. The van der Waals surface area contributed by atoms with Crippen LogP contribution in [0.3, 0.4) is 0 Å². The molecular weight excluding hydrogens is 168 g/mol. The van der Waals surface area contributed by atoms with E-state index in [0.29, 0.717) is 5.92 Å². The van der Waals surface area contributed by atoms with E-state index in [2.05, 4.69) is 55.5 Å². The molecule has 0 heterocycles. The number of rotatable bonds is 0. The van der Waals surface area contributed by atoms with E-state index in [1.54, 1.807) is 0 Å². The van der Waals surface area contributed by atoms with Gasteiger partial charge in [0.15, 0.2) is 0 Å². The van der Waals surface area contributed by atoms with E-state index in [1.807, 2.05) is 0 Å². The van der Waals surface area contributed by atoms with Gasteiger partial charge in [-0.2, -0.15) is 0 Å². The maximum atomic E-state index is 2.24. The quantitative estimate of drug-likeness (QED) is 0.535. The zero-order chi connectivity index (χ0) is 9.54. The highest BCUT2D eigenvalue weighted by Gasteiger charge is 2.26. The van der Waals surface area contributed by atoms with Crippen LogP contribution in [0, 0.1) is 5.92 Å². The first-order valence-electron chi connectivity index (χ1n) is 5.01. The minimum atomic E-state index is 0.509. The summed E-state index contributed by atoms with van der Waals surface area (Å²) in [6.07, 6.45) is 17.6. The van der Waals surface area contributed by atoms with E-state index in [9.17, 15) is 0 Å². The van der Waals surface area contributed by atoms with Gasteiger partial charge < -0.3 is 0 Å². The van der Waals surface area contributed by atoms with Crippen molar-refractivity contribution in [3.63, 3.8) is 0 Å². The standard InChI is InChI=1S/C14H12/c1-10-8-9-12-5-2-4-11-6-3-7-13(10)14(11)12/h2-9,14H,1H3. The van der Waals surface area contributed by atoms with E-state index >= 15 is 0 Å². The Kier molecular flexibility index (Phi) is 1.51. The van der Waals surface area contributed by atoms with Gasteiger partial charge in [0.25, 0.3) is 0 Å². The molecule has 0 saturated heterocycles. The molecule has 1 atom stereocenters. The van der Waals surface area contributed by atoms with Crippen molar-refractivity contribution in [2.45, 2.75) is 6.92 Å². The van der Waals surface area contributed by atoms with Crippen LogP contribution in [0.2, 0.25) is 0 Å². The van der Waals surface area contributed by atoms with Crippen molar-refractivity contribution in [3.8, 4) is 0 Å². The smallest absolute Gasteiger partial charge is 0.0342 e. The summed E-state index contributed by atoms with van der Waals surface area (Å²) in [5.41, 5.74) is 5.69. The average Bonchev–Trinajstić information content (AvgIpc) is 2.24. The molecule has 0 saturated carbocycles. The molecule has 0 aromatic carbocycles. The lowest BCUT2D eigenvalue weighted by atomic mass is 9.74. The SMILES string of the molecule is CC1=CC=C2C=CC=C3C=CC=C1C32. The van der Waals surface area contributed by atoms with Crippen molar-refractivity contribution in [2.75, 3.05) is 0 Å². The second kappa shape index (κ2) is 2.71. The summed E-state index contributed by atoms with van der Waals surface area (Å²) in [7, 11) is 0. The Balaban J connectivity index is 2.24. The molecule has 14 heavy (non-hydrogen) atoms. The molecule has 3 aliphatic rings. The van der Waals surface area contributed by atoms with Gasteiger partial charge in [-0.05, 0) is 29.2 Å². The summed E-state index contributed by atoms with van der Waals surface area (Å²) in [6, 6.07) is 0. The van der Waals surface area contributed by atoms with Gasteiger partial charge in [-0.3, -0.25) is 0 Å². The van der Waals surface area contributed by atoms with E-state index in [-0.39, 0.29) is 0 Å². The van der Waals surface area contributed by atoms with Crippen LogP contribution in [0.1, 0.15) is 6.92 Å². The van der Waals surface area contributed by atoms with Gasteiger partial charge in [-0.15, -0.1) is 0 Å². The summed E-state index contributed by atoms with van der Waals surface area (Å²) in [5, 5.41) is 0. The molecule has 0 heteroatoms. The van der Waals surface area contributed by atoms with E-state index in [1.165, 1.54) is 22.3 Å². The topological polar surface area (TPSA) is 0 Å². The molecule has 68 valence electrons. The fourth-order valence-electron chi connectivity index (χ4n) is 2.35. The first-order valence-corrected chi connectivity index (χ1v) is 5.01. The zero-order valence-electron chi connectivity index (χ0n) is 8.20. The Hall–Kier alpha value is -1.56. The number of allylic oxidation sites excluding steroid dienone is 12. The predicted octanol–water partition coefficient (Wildman–Crippen LogP) is 3.48. The van der Waals surface area contributed by atoms with E-state index < -0.39 is 0 Å². The van der Waals surface area contributed by atoms with Crippen molar-refractivity contribution in [1.82, 2.24) is 0 Å². The molecule has 0 bridgehead atoms. The van der Waals surface area contributed by atoms with Crippen LogP contribution >= 0.6 is 0 Å². The Labute approximate surface area is 84.3 Å². The summed E-state index contributed by atoms with van der Waals surface area (Å²) >= 11 is 0. The zero-order valence-corrected chi connectivity index (χ0v) is 8.20. The average molecular weight is 180 g/mol. The molecule has 0 spiro atoms. The maximum Gasteiger partial charge on any atom is 0.0342 e. The largest absolute Gasteiger partial charge is 0.0617 e. The molecule has 0 amide bonds. The van der Waals surface area contributed by atoms with Crippen LogP contribution in [0.5, 0.6) is 0 Å². The van der Waals surface area contributed by atoms with Crippen LogP contribution in [0.25, 0.3) is 0 Å². The van der Waals surface area contributed by atoms with Gasteiger partial charge in [0.1, 0.15) is 0 Å². The van der Waals surface area contributed by atoms with Crippen molar-refractivity contribution < 1.29 is 0 Å². The van der Waals surface area contributed by atoms with Crippen LogP contribution in [0.4, 0.5) is 0 Å². The molecule has 0 aromatic rings. The van der Waals surface area contributed by atoms with Crippen molar-refractivity contribution in [1.29, 1.82) is 0 Å². The number of hydrogen-bond donors (Lipinski definition) is 0. The first-order chi connectivity index (χ1) is 6.86. The van der Waals surface area contributed by atoms with Crippen LogP contribution in [0.15, 0.2) is 70.9 Å². The van der Waals surface area contributed by atoms with Gasteiger partial charge in [-0.1, -0.05) is 48.6 Å². The monoisotopic (exact) mass is 180 g/mol. The predicted molar refractivity (Wildman–Crippen MR) is 59.8 cm³/mol. The van der Waals surface area contributed by atoms with Gasteiger partial charge in [0.2, 0.25) is 0 Å². The second-order valence-corrected chi connectivity index (χ2v) is 3.96. The molecule has 0 aromatic heterocycles. The highest BCUT2D eigenvalue weighted by molar-refractivity contribution is 5.60. The fourth-order valence-corrected chi connectivity index (χ4v) is 2.35. The minimum absolute atomic E-state index is 0.509. The molecule has 0 aliphatic heterocycles. The lowest BCUT2D eigenvalue weighted by Gasteiger charge is -2.30. The minimum Gasteiger partial charge on any atom is -0.0617 e. The Bertz CT molecular complexity index is 462. The summed E-state index contributed by atoms with van der Waals surface area (Å²) in [6.45, 7) is 2.19. The molecule has 0 nitrogen and oxygen atoms in total. The van der Waals surface area contributed by atoms with Crippen LogP contribution < -0.4 is 0 Å². The summed E-state index contributed by atoms with van der Waals surface area (Å²) in [4.78, 5) is 0. The van der Waals surface area contributed by atoms with Crippen molar-refractivity contribution >= 4 is 0 Å². The molecule has 3 rings (SSSR count). The van der Waals surface area contributed by atoms with Crippen molar-refractivity contribution in [3.05, 3.63) is 70.9 Å². The lowest BCUT2D eigenvalue weighted by Crippen LogP contribution is -2.16. The third kappa shape index (κ3) is 0.941. The van der Waals surface area contributed by atoms with Crippen LogP contribution in [-0.2, 0) is 0 Å². The van der Waals surface area contributed by atoms with E-state index in [4.69, 9.17) is 0 Å². The molecule has 0 N–H and O–H groups in total. The number of hydrogen-bond acceptors (Lipinski definition) is 0. The second-order valence-electron chi connectivity index (χ2n) is 3.96. The van der Waals surface area contributed by atoms with Crippen molar-refractivity contribution in [2.24, 2.45) is 5.92 Å². The lowest BCUT2D eigenvalue weighted by molar-refractivity contribution is 0.857. The van der Waals surface area contributed by atoms with Gasteiger partial charge >= 0.3 is 0 Å². The molecular formula is C14H12. The van der Waals surface area contributed by atoms with Gasteiger partial charge in [-0.25, -0.2) is 0 Å². The maximum absolute atomic E-state index is 2.24. The highest BCUT2D eigenvalue weighted by Crippen LogP contribution is 2.40. The summed E-state index contributed by atoms with van der Waals surface area (Å²) < 4.78 is 0. The van der Waals surface area contributed by atoms with Crippen LogP contribution in [-0.4, -0.2) is 0 Å². The highest BCUT2D eigenvalue weighted by atomic mass is 14.3. The van der Waals surface area contributed by atoms with Gasteiger partial charge in [0, 0.05) is 5.92 Å². The van der Waals surface area contributed by atoms with Gasteiger partial charge in [0.05, 0.1) is 0 Å². The van der Waals surface area contributed by atoms with E-state index in [0.717, 1.165) is 0 Å². The Morgan fingerprint density at radius 3 is 2.43 bits per heavy atom. The Morgan fingerprint density at radius 1 is 0.857 bits per heavy atom. The molecule has 0 fully saturated rings. The summed E-state index contributed by atoms with van der Waals surface area (Å²) in [5.74, 6) is 0.509. The first kappa shape index (κ1) is 7.81. The molecule has 0 radical (unpaired) electrons. The Morgan fingerprint density at radius 2 is 1.57 bits per heavy atom. The normalized spacial score (nSPS) is 27.4. The third-order valence-electron chi connectivity index (χ3n) is 3.10.